The fourth-order valence-electron chi connectivity index (χ4n) is 6.53. The van der Waals surface area contributed by atoms with E-state index in [1.54, 1.807) is 44.4 Å². The molecule has 3 aliphatic carbocycles. The van der Waals surface area contributed by atoms with Crippen LogP contribution in [0.4, 0.5) is 5.69 Å². The van der Waals surface area contributed by atoms with Gasteiger partial charge in [-0.3, -0.25) is 24.1 Å². The highest BCUT2D eigenvalue weighted by molar-refractivity contribution is 6.37. The molecule has 7 N–H and O–H groups in total. The number of anilines is 1. The summed E-state index contributed by atoms with van der Waals surface area (Å²) < 4.78 is 4.40. The number of aliphatic hydroxyl groups excluding tert-OH is 2. The molecule has 13 heteroatoms. The maximum atomic E-state index is 13.9. The normalized spacial score (nSPS) is 24.7. The Kier molecular flexibility index (Phi) is 7.11. The van der Waals surface area contributed by atoms with E-state index in [1.165, 1.54) is 11.0 Å². The number of benzene rings is 2. The second kappa shape index (κ2) is 10.4. The first-order valence-electron chi connectivity index (χ1n) is 13.2. The van der Waals surface area contributed by atoms with Gasteiger partial charge in [0.15, 0.2) is 11.4 Å². The number of nitrogens with zero attached hydrogens (tertiary/aromatic N) is 1. The van der Waals surface area contributed by atoms with Crippen LogP contribution in [-0.4, -0.2) is 87.5 Å². The van der Waals surface area contributed by atoms with Crippen molar-refractivity contribution in [2.24, 2.45) is 17.6 Å². The zero-order valence-corrected chi connectivity index (χ0v) is 23.4. The molecule has 13 nitrogen and oxygen atoms in total. The molecule has 0 unspecified atom stereocenters. The van der Waals surface area contributed by atoms with E-state index in [9.17, 15) is 44.4 Å². The molecule has 5 rings (SSSR count). The molecular formula is C30H29N3O10. The molecule has 0 radical (unpaired) electrons. The van der Waals surface area contributed by atoms with Gasteiger partial charge in [-0.25, -0.2) is 4.79 Å². The molecule has 2 aromatic rings. The lowest BCUT2D eigenvalue weighted by Crippen LogP contribution is -2.63. The van der Waals surface area contributed by atoms with Crippen LogP contribution in [0.15, 0.2) is 59.1 Å². The summed E-state index contributed by atoms with van der Waals surface area (Å²) in [5.74, 6) is -9.26. The fourth-order valence-corrected chi connectivity index (χ4v) is 6.53. The monoisotopic (exact) mass is 591 g/mol. The first-order chi connectivity index (χ1) is 20.2. The standard InChI is InChI=1S/C30H29N3O10/c1-33(2)22-17-11-13-10-16-15(12-4-6-14(7-5-12)32-28(40)29(41)43-3)8-9-18(34)20(16)23(35)19(13)25(37)30(17,42)26(38)21(24(22)36)27(31)39/h4-9,13,17,22,34,36-37,42H,10-11H2,1-3H3,(H2,31,39)(H,32,40)/t13-,17-,22-,30-/m1/s1. The molecule has 2 amide bonds. The summed E-state index contributed by atoms with van der Waals surface area (Å²) in [7, 11) is 4.19. The number of aromatic hydroxyl groups is 1. The molecule has 3 aliphatic rings. The molecule has 224 valence electrons. The number of allylic oxidation sites excluding steroid dienone is 1. The number of rotatable bonds is 4. The van der Waals surface area contributed by atoms with Crippen molar-refractivity contribution in [1.29, 1.82) is 0 Å². The Labute approximate surface area is 244 Å². The lowest BCUT2D eigenvalue weighted by molar-refractivity contribution is -0.150. The minimum Gasteiger partial charge on any atom is -0.510 e. The second-order valence-electron chi connectivity index (χ2n) is 11.0. The zero-order valence-electron chi connectivity index (χ0n) is 23.4. The average Bonchev–Trinajstić information content (AvgIpc) is 2.94. The van der Waals surface area contributed by atoms with E-state index in [1.807, 2.05) is 0 Å². The third kappa shape index (κ3) is 4.35. The van der Waals surface area contributed by atoms with Gasteiger partial charge in [0.25, 0.3) is 5.91 Å². The molecule has 0 saturated heterocycles. The zero-order chi connectivity index (χ0) is 31.5. The lowest BCUT2D eigenvalue weighted by Gasteiger charge is -2.50. The van der Waals surface area contributed by atoms with Crippen molar-refractivity contribution in [3.63, 3.8) is 0 Å². The van der Waals surface area contributed by atoms with Crippen molar-refractivity contribution in [1.82, 2.24) is 4.90 Å². The number of Topliss-reactive ketones (excluding diaryl/α,β-unsaturated/α-hetero) is 2. The van der Waals surface area contributed by atoms with E-state index in [0.29, 0.717) is 22.4 Å². The van der Waals surface area contributed by atoms with Gasteiger partial charge >= 0.3 is 11.9 Å². The lowest BCUT2D eigenvalue weighted by atomic mass is 9.58. The van der Waals surface area contributed by atoms with E-state index in [2.05, 4.69) is 10.1 Å². The number of nitrogens with one attached hydrogen (secondary N) is 1. The first-order valence-corrected chi connectivity index (χ1v) is 13.2. The summed E-state index contributed by atoms with van der Waals surface area (Å²) >= 11 is 0. The third-order valence-electron chi connectivity index (χ3n) is 8.43. The predicted octanol–water partition coefficient (Wildman–Crippen LogP) is 0.899. The summed E-state index contributed by atoms with van der Waals surface area (Å²) in [5.41, 5.74) is 3.32. The number of likely N-dealkylation sites (N-methyl/N-ethyl adjacent to an activating group) is 1. The molecular weight excluding hydrogens is 562 g/mol. The van der Waals surface area contributed by atoms with Gasteiger partial charge in [0.05, 0.1) is 18.7 Å². The third-order valence-corrected chi connectivity index (χ3v) is 8.43. The number of phenols is 1. The molecule has 0 aliphatic heterocycles. The van der Waals surface area contributed by atoms with Gasteiger partial charge in [-0.2, -0.15) is 0 Å². The Morgan fingerprint density at radius 3 is 2.28 bits per heavy atom. The molecule has 2 aromatic carbocycles. The Hall–Kier alpha value is -5.01. The largest absolute Gasteiger partial charge is 0.510 e. The van der Waals surface area contributed by atoms with Crippen LogP contribution in [0.2, 0.25) is 0 Å². The van der Waals surface area contributed by atoms with E-state index in [0.717, 1.165) is 7.11 Å². The number of nitrogens with two attached hydrogens (primary N) is 1. The number of carbonyl (C=O) groups excluding carboxylic acids is 5. The van der Waals surface area contributed by atoms with Crippen molar-refractivity contribution in [3.8, 4) is 16.9 Å². The number of carbonyl (C=O) groups is 5. The van der Waals surface area contributed by atoms with Crippen LogP contribution in [0, 0.1) is 11.8 Å². The number of esters is 1. The van der Waals surface area contributed by atoms with Crippen LogP contribution in [0.1, 0.15) is 22.3 Å². The van der Waals surface area contributed by atoms with E-state index < -0.39 is 69.9 Å². The van der Waals surface area contributed by atoms with E-state index in [4.69, 9.17) is 5.73 Å². The molecule has 0 fully saturated rings. The number of ketones is 2. The first kappa shape index (κ1) is 29.5. The smallest absolute Gasteiger partial charge is 0.396 e. The molecule has 0 saturated carbocycles. The Morgan fingerprint density at radius 2 is 1.70 bits per heavy atom. The van der Waals surface area contributed by atoms with Crippen LogP contribution in [0.25, 0.3) is 11.1 Å². The van der Waals surface area contributed by atoms with Gasteiger partial charge in [0.2, 0.25) is 5.78 Å². The van der Waals surface area contributed by atoms with Gasteiger partial charge in [0, 0.05) is 17.2 Å². The fraction of sp³-hybridized carbons (Fsp3) is 0.300. The number of methoxy groups -OCH3 is 1. The van der Waals surface area contributed by atoms with Crippen molar-refractivity contribution < 1.29 is 49.1 Å². The highest BCUT2D eigenvalue weighted by Crippen LogP contribution is 2.53. The molecule has 4 atom stereocenters. The summed E-state index contributed by atoms with van der Waals surface area (Å²) in [5, 5.41) is 47.2. The van der Waals surface area contributed by atoms with Crippen LogP contribution < -0.4 is 11.1 Å². The Bertz CT molecular complexity index is 1670. The van der Waals surface area contributed by atoms with Gasteiger partial charge in [-0.15, -0.1) is 0 Å². The number of amides is 2. The topological polar surface area (TPSA) is 217 Å². The predicted molar refractivity (Wildman–Crippen MR) is 150 cm³/mol. The van der Waals surface area contributed by atoms with Crippen molar-refractivity contribution in [3.05, 3.63) is 70.2 Å². The van der Waals surface area contributed by atoms with Crippen LogP contribution in [0.3, 0.4) is 0 Å². The maximum Gasteiger partial charge on any atom is 0.396 e. The van der Waals surface area contributed by atoms with E-state index in [-0.39, 0.29) is 29.7 Å². The highest BCUT2D eigenvalue weighted by atomic mass is 16.5. The Balaban J connectivity index is 1.60. The van der Waals surface area contributed by atoms with Gasteiger partial charge in [-0.1, -0.05) is 18.2 Å². The van der Waals surface area contributed by atoms with Crippen LogP contribution >= 0.6 is 0 Å². The number of primary amides is 1. The Morgan fingerprint density at radius 1 is 1.05 bits per heavy atom. The number of ether oxygens (including phenoxy) is 1. The summed E-state index contributed by atoms with van der Waals surface area (Å²) in [6, 6.07) is 8.18. The summed E-state index contributed by atoms with van der Waals surface area (Å²) in [4.78, 5) is 64.2. The number of fused-ring (bicyclic) bond motifs is 3. The molecule has 0 spiro atoms. The van der Waals surface area contributed by atoms with Crippen LogP contribution in [-0.2, 0) is 30.3 Å². The highest BCUT2D eigenvalue weighted by Gasteiger charge is 2.63. The second-order valence-corrected chi connectivity index (χ2v) is 11.0. The minimum atomic E-state index is -2.72. The van der Waals surface area contributed by atoms with Crippen molar-refractivity contribution in [2.75, 3.05) is 26.5 Å². The minimum absolute atomic E-state index is 0.0423. The van der Waals surface area contributed by atoms with Gasteiger partial charge in [0.1, 0.15) is 22.8 Å². The van der Waals surface area contributed by atoms with E-state index >= 15 is 0 Å². The van der Waals surface area contributed by atoms with Gasteiger partial charge in [-0.05, 0) is 67.7 Å². The number of aliphatic hydroxyl groups is 3. The number of hydrogen-bond acceptors (Lipinski definition) is 11. The van der Waals surface area contributed by atoms with Gasteiger partial charge < -0.3 is 36.2 Å². The average molecular weight is 592 g/mol. The summed E-state index contributed by atoms with van der Waals surface area (Å²) in [6.45, 7) is 0. The molecule has 0 bridgehead atoms. The molecule has 0 heterocycles. The SMILES string of the molecule is COC(=O)C(=O)Nc1ccc(-c2ccc(O)c3c2C[C@@H]2C[C@@H]4[C@@H](N(C)C)C(O)=C(C(N)=O)C(=O)[C@]4(O)C(O)=C2C3=O)cc1. The summed E-state index contributed by atoms with van der Waals surface area (Å²) in [6.07, 6.45) is 0.0679. The molecule has 43 heavy (non-hydrogen) atoms. The number of phenolic OH excluding ortho intramolecular Hbond substituents is 1. The van der Waals surface area contributed by atoms with Crippen LogP contribution in [0.5, 0.6) is 5.75 Å². The number of hydrogen-bond donors (Lipinski definition) is 6. The van der Waals surface area contributed by atoms with Crippen molar-refractivity contribution >= 4 is 35.0 Å². The quantitative estimate of drug-likeness (QED) is 0.167. The maximum absolute atomic E-state index is 13.9. The van der Waals surface area contributed by atoms with Crippen molar-refractivity contribution in [2.45, 2.75) is 24.5 Å². The molecule has 0 aromatic heterocycles.